The Hall–Kier alpha value is -1.87. The number of nitrogens with one attached hydrogen (secondary N) is 1. The van der Waals surface area contributed by atoms with E-state index in [1.807, 2.05) is 18.2 Å². The van der Waals surface area contributed by atoms with Gasteiger partial charge in [0.05, 0.1) is 11.0 Å². The van der Waals surface area contributed by atoms with Gasteiger partial charge in [-0.2, -0.15) is 0 Å². The number of rotatable bonds is 2. The maximum absolute atomic E-state index is 4.60. The van der Waals surface area contributed by atoms with Crippen molar-refractivity contribution in [3.05, 3.63) is 63.4 Å². The molecule has 20 heavy (non-hydrogen) atoms. The van der Waals surface area contributed by atoms with E-state index in [1.165, 1.54) is 11.1 Å². The van der Waals surface area contributed by atoms with Gasteiger partial charge in [-0.1, -0.05) is 34.1 Å². The van der Waals surface area contributed by atoms with Crippen LogP contribution in [-0.4, -0.2) is 9.97 Å². The molecule has 0 bridgehead atoms. The molecule has 3 aromatic rings. The van der Waals surface area contributed by atoms with Gasteiger partial charge in [0.2, 0.25) is 0 Å². The molecule has 0 amide bonds. The molecular weight excluding hydrogens is 312 g/mol. The third kappa shape index (κ3) is 2.68. The van der Waals surface area contributed by atoms with E-state index >= 15 is 0 Å². The summed E-state index contributed by atoms with van der Waals surface area (Å²) in [4.78, 5) is 7.93. The Kier molecular flexibility index (Phi) is 3.45. The summed E-state index contributed by atoms with van der Waals surface area (Å²) in [7, 11) is 0. The van der Waals surface area contributed by atoms with Crippen LogP contribution in [0.4, 0.5) is 0 Å². The summed E-state index contributed by atoms with van der Waals surface area (Å²) >= 11 is 3.44. The van der Waals surface area contributed by atoms with Gasteiger partial charge in [0, 0.05) is 4.47 Å². The Morgan fingerprint density at radius 2 is 1.70 bits per heavy atom. The average Bonchev–Trinajstić information content (AvgIpc) is 2.80. The molecule has 100 valence electrons. The van der Waals surface area contributed by atoms with Crippen molar-refractivity contribution in [3.63, 3.8) is 0 Å². The van der Waals surface area contributed by atoms with Crippen molar-refractivity contribution in [1.82, 2.24) is 9.97 Å². The monoisotopic (exact) mass is 326 g/mol. The fourth-order valence-corrected chi connectivity index (χ4v) is 2.38. The highest BCUT2D eigenvalue weighted by atomic mass is 79.9. The maximum Gasteiger partial charge on any atom is 0.131 e. The van der Waals surface area contributed by atoms with Crippen LogP contribution in [0.25, 0.3) is 23.2 Å². The summed E-state index contributed by atoms with van der Waals surface area (Å²) in [6.07, 6.45) is 4.07. The Morgan fingerprint density at radius 1 is 1.00 bits per heavy atom. The van der Waals surface area contributed by atoms with Crippen molar-refractivity contribution >= 4 is 39.1 Å². The number of imidazole rings is 1. The average molecular weight is 327 g/mol. The lowest BCUT2D eigenvalue weighted by atomic mass is 10.1. The van der Waals surface area contributed by atoms with Crippen molar-refractivity contribution in [2.75, 3.05) is 0 Å². The minimum absolute atomic E-state index is 0.882. The highest BCUT2D eigenvalue weighted by Gasteiger charge is 2.02. The number of nitrogens with zero attached hydrogens (tertiary/aromatic N) is 1. The quantitative estimate of drug-likeness (QED) is 0.696. The number of aromatic nitrogens is 2. The lowest BCUT2D eigenvalue weighted by Gasteiger charge is -1.97. The number of H-pyrrole nitrogens is 1. The second-order valence-electron chi connectivity index (χ2n) is 4.96. The lowest BCUT2D eigenvalue weighted by molar-refractivity contribution is 1.29. The summed E-state index contributed by atoms with van der Waals surface area (Å²) in [5.41, 5.74) is 5.81. The molecule has 0 radical (unpaired) electrons. The summed E-state index contributed by atoms with van der Waals surface area (Å²) in [5.74, 6) is 0.882. The molecule has 0 saturated heterocycles. The van der Waals surface area contributed by atoms with Crippen LogP contribution in [0.5, 0.6) is 0 Å². The number of aromatic amines is 1. The van der Waals surface area contributed by atoms with Crippen molar-refractivity contribution in [1.29, 1.82) is 0 Å². The van der Waals surface area contributed by atoms with Crippen LogP contribution < -0.4 is 0 Å². The second kappa shape index (κ2) is 5.25. The molecule has 0 saturated carbocycles. The molecule has 0 spiro atoms. The van der Waals surface area contributed by atoms with Crippen molar-refractivity contribution in [2.24, 2.45) is 0 Å². The van der Waals surface area contributed by atoms with E-state index in [-0.39, 0.29) is 0 Å². The zero-order valence-electron chi connectivity index (χ0n) is 11.4. The lowest BCUT2D eigenvalue weighted by Crippen LogP contribution is -1.79. The normalized spacial score (nSPS) is 11.6. The highest BCUT2D eigenvalue weighted by Crippen LogP contribution is 2.18. The Bertz CT molecular complexity index is 744. The van der Waals surface area contributed by atoms with Crippen LogP contribution >= 0.6 is 15.9 Å². The first kappa shape index (κ1) is 13.1. The number of hydrogen-bond donors (Lipinski definition) is 1. The molecule has 1 heterocycles. The minimum Gasteiger partial charge on any atom is -0.338 e. The molecule has 0 aliphatic heterocycles. The number of fused-ring (bicyclic) bond motifs is 1. The summed E-state index contributed by atoms with van der Waals surface area (Å²) < 4.78 is 1.09. The Labute approximate surface area is 126 Å². The summed E-state index contributed by atoms with van der Waals surface area (Å²) in [6.45, 7) is 4.23. The summed E-state index contributed by atoms with van der Waals surface area (Å²) in [5, 5.41) is 0. The predicted molar refractivity (Wildman–Crippen MR) is 88.6 cm³/mol. The zero-order chi connectivity index (χ0) is 14.1. The second-order valence-corrected chi connectivity index (χ2v) is 5.88. The van der Waals surface area contributed by atoms with E-state index in [4.69, 9.17) is 0 Å². The van der Waals surface area contributed by atoms with E-state index in [2.05, 4.69) is 70.1 Å². The fourth-order valence-electron chi connectivity index (χ4n) is 2.12. The number of halogens is 1. The zero-order valence-corrected chi connectivity index (χ0v) is 13.0. The van der Waals surface area contributed by atoms with Gasteiger partial charge >= 0.3 is 0 Å². The molecule has 0 fully saturated rings. The summed E-state index contributed by atoms with van der Waals surface area (Å²) in [6, 6.07) is 12.5. The smallest absolute Gasteiger partial charge is 0.131 e. The predicted octanol–water partition coefficient (Wildman–Crippen LogP) is 5.11. The molecular formula is C17H15BrN2. The van der Waals surface area contributed by atoms with E-state index in [0.29, 0.717) is 0 Å². The maximum atomic E-state index is 4.60. The first-order valence-electron chi connectivity index (χ1n) is 6.52. The van der Waals surface area contributed by atoms with Gasteiger partial charge in [0.25, 0.3) is 0 Å². The fraction of sp³-hybridized carbons (Fsp3) is 0.118. The van der Waals surface area contributed by atoms with E-state index < -0.39 is 0 Å². The topological polar surface area (TPSA) is 28.7 Å². The van der Waals surface area contributed by atoms with E-state index in [0.717, 1.165) is 26.9 Å². The molecule has 0 aliphatic rings. The van der Waals surface area contributed by atoms with Gasteiger partial charge in [0.1, 0.15) is 5.82 Å². The number of benzene rings is 2. The van der Waals surface area contributed by atoms with Gasteiger partial charge in [-0.3, -0.25) is 0 Å². The first-order chi connectivity index (χ1) is 9.61. The van der Waals surface area contributed by atoms with Crippen LogP contribution in [0.3, 0.4) is 0 Å². The van der Waals surface area contributed by atoms with Crippen LogP contribution in [-0.2, 0) is 0 Å². The Morgan fingerprint density at radius 3 is 2.45 bits per heavy atom. The molecule has 2 aromatic carbocycles. The molecule has 1 aromatic heterocycles. The molecule has 3 heteroatoms. The van der Waals surface area contributed by atoms with Gasteiger partial charge in [-0.15, -0.1) is 0 Å². The molecule has 3 rings (SSSR count). The van der Waals surface area contributed by atoms with Crippen LogP contribution in [0.1, 0.15) is 22.5 Å². The number of hydrogen-bond acceptors (Lipinski definition) is 1. The molecule has 0 unspecified atom stereocenters. The van der Waals surface area contributed by atoms with Crippen LogP contribution in [0.15, 0.2) is 40.9 Å². The van der Waals surface area contributed by atoms with Gasteiger partial charge in [-0.05, 0) is 60.9 Å². The first-order valence-corrected chi connectivity index (χ1v) is 7.32. The number of aryl methyl sites for hydroxylation is 2. The molecule has 0 atom stereocenters. The molecule has 2 nitrogen and oxygen atoms in total. The van der Waals surface area contributed by atoms with Crippen molar-refractivity contribution in [3.8, 4) is 0 Å². The third-order valence-corrected chi connectivity index (χ3v) is 3.95. The van der Waals surface area contributed by atoms with Gasteiger partial charge in [-0.25, -0.2) is 4.98 Å². The van der Waals surface area contributed by atoms with E-state index in [1.54, 1.807) is 0 Å². The standard InChI is InChI=1S/C17H15BrN2/c1-11-9-15-16(10-12(11)2)20-17(19-15)8-5-13-3-6-14(18)7-4-13/h3-10H,1-2H3,(H,19,20). The van der Waals surface area contributed by atoms with Crippen molar-refractivity contribution in [2.45, 2.75) is 13.8 Å². The van der Waals surface area contributed by atoms with Gasteiger partial charge < -0.3 is 4.98 Å². The van der Waals surface area contributed by atoms with Crippen molar-refractivity contribution < 1.29 is 0 Å². The molecule has 1 N–H and O–H groups in total. The Balaban J connectivity index is 1.92. The van der Waals surface area contributed by atoms with E-state index in [9.17, 15) is 0 Å². The largest absolute Gasteiger partial charge is 0.338 e. The molecule has 0 aliphatic carbocycles. The van der Waals surface area contributed by atoms with Crippen LogP contribution in [0, 0.1) is 13.8 Å². The van der Waals surface area contributed by atoms with Crippen LogP contribution in [0.2, 0.25) is 0 Å². The minimum atomic E-state index is 0.882. The van der Waals surface area contributed by atoms with Gasteiger partial charge in [0.15, 0.2) is 0 Å². The third-order valence-electron chi connectivity index (χ3n) is 3.42. The SMILES string of the molecule is Cc1cc2nc(C=Cc3ccc(Br)cc3)[nH]c2cc1C. The highest BCUT2D eigenvalue weighted by molar-refractivity contribution is 9.10.